The van der Waals surface area contributed by atoms with Crippen molar-refractivity contribution >= 4 is 17.7 Å². The summed E-state index contributed by atoms with van der Waals surface area (Å²) in [6.07, 6.45) is 2.99. The number of piperidine rings is 1. The molecule has 2 atom stereocenters. The Morgan fingerprint density at radius 2 is 1.85 bits per heavy atom. The highest BCUT2D eigenvalue weighted by atomic mass is 16.2. The molecule has 3 amide bonds. The summed E-state index contributed by atoms with van der Waals surface area (Å²) >= 11 is 0. The van der Waals surface area contributed by atoms with Crippen LogP contribution in [-0.2, 0) is 20.8 Å². The van der Waals surface area contributed by atoms with E-state index in [-0.39, 0.29) is 17.7 Å². The average Bonchev–Trinajstić information content (AvgIpc) is 3.24. The van der Waals surface area contributed by atoms with E-state index in [1.54, 1.807) is 23.9 Å². The van der Waals surface area contributed by atoms with Crippen LogP contribution >= 0.6 is 0 Å². The van der Waals surface area contributed by atoms with E-state index < -0.39 is 11.5 Å². The largest absolute Gasteiger partial charge is 0.348 e. The standard InChI is InChI=1S/C27H33N3O3/c1-19-7-4-9-21(15-19)22-10-5-8-20(16-22)17-27(26(33)29(2)3)13-6-14-30(18-27)25(32)23-11-12-24(31)28-23/h4-5,7-10,15-16,23H,6,11-14,17-18H2,1-3H3,(H,28,31)/t23-,27+/m0/s1. The van der Waals surface area contributed by atoms with Gasteiger partial charge in [-0.1, -0.05) is 54.1 Å². The van der Waals surface area contributed by atoms with Gasteiger partial charge in [0.25, 0.3) is 0 Å². The molecule has 0 aliphatic carbocycles. The van der Waals surface area contributed by atoms with Crippen LogP contribution in [0.4, 0.5) is 0 Å². The van der Waals surface area contributed by atoms with E-state index >= 15 is 0 Å². The molecule has 1 N–H and O–H groups in total. The summed E-state index contributed by atoms with van der Waals surface area (Å²) in [5.41, 5.74) is 3.90. The number of benzene rings is 2. The monoisotopic (exact) mass is 447 g/mol. The van der Waals surface area contributed by atoms with Crippen molar-refractivity contribution in [3.8, 4) is 11.1 Å². The van der Waals surface area contributed by atoms with E-state index in [4.69, 9.17) is 0 Å². The molecule has 4 rings (SSSR count). The summed E-state index contributed by atoms with van der Waals surface area (Å²) in [5.74, 6) is -0.0876. The van der Waals surface area contributed by atoms with Crippen LogP contribution in [0.15, 0.2) is 48.5 Å². The molecule has 6 heteroatoms. The van der Waals surface area contributed by atoms with Crippen molar-refractivity contribution in [3.63, 3.8) is 0 Å². The second kappa shape index (κ2) is 9.38. The van der Waals surface area contributed by atoms with Gasteiger partial charge in [0.05, 0.1) is 5.41 Å². The molecule has 2 saturated heterocycles. The molecule has 0 saturated carbocycles. The first-order chi connectivity index (χ1) is 15.8. The van der Waals surface area contributed by atoms with E-state index in [2.05, 4.69) is 54.7 Å². The Morgan fingerprint density at radius 1 is 1.12 bits per heavy atom. The minimum absolute atomic E-state index is 0.0522. The zero-order valence-electron chi connectivity index (χ0n) is 19.8. The van der Waals surface area contributed by atoms with E-state index in [0.29, 0.717) is 32.4 Å². The van der Waals surface area contributed by atoms with E-state index in [9.17, 15) is 14.4 Å². The number of carbonyl (C=O) groups excluding carboxylic acids is 3. The lowest BCUT2D eigenvalue weighted by Gasteiger charge is -2.43. The Bertz CT molecular complexity index is 1060. The highest BCUT2D eigenvalue weighted by Crippen LogP contribution is 2.37. The summed E-state index contributed by atoms with van der Waals surface area (Å²) in [6, 6.07) is 16.3. The molecule has 2 aromatic rings. The van der Waals surface area contributed by atoms with Crippen molar-refractivity contribution in [1.82, 2.24) is 15.1 Å². The fraction of sp³-hybridized carbons (Fsp3) is 0.444. The summed E-state index contributed by atoms with van der Waals surface area (Å²) in [4.78, 5) is 41.7. The molecule has 6 nitrogen and oxygen atoms in total. The topological polar surface area (TPSA) is 69.7 Å². The van der Waals surface area contributed by atoms with Crippen LogP contribution in [0.25, 0.3) is 11.1 Å². The first-order valence-corrected chi connectivity index (χ1v) is 11.7. The molecule has 174 valence electrons. The Balaban J connectivity index is 1.61. The number of likely N-dealkylation sites (tertiary alicyclic amines) is 1. The molecule has 2 aliphatic rings. The average molecular weight is 448 g/mol. The van der Waals surface area contributed by atoms with Crippen LogP contribution in [-0.4, -0.2) is 60.7 Å². The van der Waals surface area contributed by atoms with Crippen molar-refractivity contribution in [2.45, 2.75) is 45.1 Å². The molecule has 0 bridgehead atoms. The van der Waals surface area contributed by atoms with Gasteiger partial charge in [-0.25, -0.2) is 0 Å². The van der Waals surface area contributed by atoms with Gasteiger partial charge in [0, 0.05) is 33.6 Å². The zero-order chi connectivity index (χ0) is 23.6. The summed E-state index contributed by atoms with van der Waals surface area (Å²) in [6.45, 7) is 3.08. The Labute approximate surface area is 196 Å². The number of amides is 3. The minimum atomic E-state index is -0.675. The lowest BCUT2D eigenvalue weighted by atomic mass is 9.73. The third kappa shape index (κ3) is 4.95. The van der Waals surface area contributed by atoms with Gasteiger partial charge in [-0.2, -0.15) is 0 Å². The third-order valence-corrected chi connectivity index (χ3v) is 6.86. The molecule has 0 unspecified atom stereocenters. The van der Waals surface area contributed by atoms with E-state index in [0.717, 1.165) is 29.5 Å². The highest BCUT2D eigenvalue weighted by molar-refractivity contribution is 5.91. The summed E-state index contributed by atoms with van der Waals surface area (Å²) in [7, 11) is 3.57. The molecular weight excluding hydrogens is 414 g/mol. The van der Waals surface area contributed by atoms with Crippen LogP contribution in [0.3, 0.4) is 0 Å². The van der Waals surface area contributed by atoms with Gasteiger partial charge in [-0.15, -0.1) is 0 Å². The predicted octanol–water partition coefficient (Wildman–Crippen LogP) is 3.18. The lowest BCUT2D eigenvalue weighted by Crippen LogP contribution is -2.56. The smallest absolute Gasteiger partial charge is 0.245 e. The molecule has 0 spiro atoms. The van der Waals surface area contributed by atoms with Crippen LogP contribution < -0.4 is 5.32 Å². The quantitative estimate of drug-likeness (QED) is 0.765. The maximum absolute atomic E-state index is 13.5. The van der Waals surface area contributed by atoms with Crippen molar-refractivity contribution in [1.29, 1.82) is 0 Å². The zero-order valence-corrected chi connectivity index (χ0v) is 19.8. The lowest BCUT2D eigenvalue weighted by molar-refractivity contribution is -0.148. The van der Waals surface area contributed by atoms with Crippen LogP contribution in [0.2, 0.25) is 0 Å². The Kier molecular flexibility index (Phi) is 6.54. The Morgan fingerprint density at radius 3 is 2.52 bits per heavy atom. The molecule has 2 aromatic carbocycles. The number of aryl methyl sites for hydroxylation is 1. The Hall–Kier alpha value is -3.15. The molecular formula is C27H33N3O3. The second-order valence-corrected chi connectivity index (χ2v) is 9.75. The number of nitrogens with one attached hydrogen (secondary N) is 1. The van der Waals surface area contributed by atoms with Crippen LogP contribution in [0.1, 0.15) is 36.8 Å². The van der Waals surface area contributed by atoms with Crippen molar-refractivity contribution in [2.24, 2.45) is 5.41 Å². The van der Waals surface area contributed by atoms with Crippen molar-refractivity contribution < 1.29 is 14.4 Å². The first kappa shape index (κ1) is 23.0. The molecule has 2 heterocycles. The van der Waals surface area contributed by atoms with Crippen LogP contribution in [0, 0.1) is 12.3 Å². The van der Waals surface area contributed by atoms with Gasteiger partial charge in [-0.3, -0.25) is 14.4 Å². The minimum Gasteiger partial charge on any atom is -0.348 e. The third-order valence-electron chi connectivity index (χ3n) is 6.86. The normalized spacial score (nSPS) is 22.7. The number of hydrogen-bond acceptors (Lipinski definition) is 3. The van der Waals surface area contributed by atoms with Gasteiger partial charge >= 0.3 is 0 Å². The molecule has 33 heavy (non-hydrogen) atoms. The van der Waals surface area contributed by atoms with Crippen molar-refractivity contribution in [2.75, 3.05) is 27.2 Å². The maximum atomic E-state index is 13.5. The predicted molar refractivity (Wildman–Crippen MR) is 128 cm³/mol. The van der Waals surface area contributed by atoms with E-state index in [1.165, 1.54) is 5.56 Å². The van der Waals surface area contributed by atoms with Crippen LogP contribution in [0.5, 0.6) is 0 Å². The number of nitrogens with zero attached hydrogens (tertiary/aromatic N) is 2. The van der Waals surface area contributed by atoms with Gasteiger partial charge < -0.3 is 15.1 Å². The SMILES string of the molecule is Cc1cccc(-c2cccc(C[C@]3(C(=O)N(C)C)CCCN(C(=O)[C@@H]4CCC(=O)N4)C3)c2)c1. The molecule has 0 aromatic heterocycles. The number of hydrogen-bond donors (Lipinski definition) is 1. The van der Waals surface area contributed by atoms with E-state index in [1.807, 2.05) is 6.07 Å². The molecule has 2 fully saturated rings. The maximum Gasteiger partial charge on any atom is 0.245 e. The highest BCUT2D eigenvalue weighted by Gasteiger charge is 2.45. The molecule has 0 radical (unpaired) electrons. The fourth-order valence-corrected chi connectivity index (χ4v) is 5.28. The van der Waals surface area contributed by atoms with Crippen molar-refractivity contribution in [3.05, 3.63) is 59.7 Å². The molecule has 2 aliphatic heterocycles. The summed E-state index contributed by atoms with van der Waals surface area (Å²) < 4.78 is 0. The second-order valence-electron chi connectivity index (χ2n) is 9.75. The number of rotatable bonds is 5. The number of carbonyl (C=O) groups is 3. The van der Waals surface area contributed by atoms with Gasteiger partial charge in [0.15, 0.2) is 0 Å². The van der Waals surface area contributed by atoms with Gasteiger partial charge in [-0.05, 0) is 49.3 Å². The van der Waals surface area contributed by atoms with Gasteiger partial charge in [0.1, 0.15) is 6.04 Å². The fourth-order valence-electron chi connectivity index (χ4n) is 5.28. The first-order valence-electron chi connectivity index (χ1n) is 11.7. The summed E-state index contributed by atoms with van der Waals surface area (Å²) in [5, 5.41) is 2.78. The van der Waals surface area contributed by atoms with Gasteiger partial charge in [0.2, 0.25) is 17.7 Å².